The maximum atomic E-state index is 4.48. The molecule has 0 spiro atoms. The Balaban J connectivity index is 0.00000243. The number of guanidine groups is 1. The van der Waals surface area contributed by atoms with Gasteiger partial charge in [-0.25, -0.2) is 4.98 Å². The van der Waals surface area contributed by atoms with E-state index in [0.717, 1.165) is 47.2 Å². The van der Waals surface area contributed by atoms with Crippen LogP contribution in [0.1, 0.15) is 22.0 Å². The summed E-state index contributed by atoms with van der Waals surface area (Å²) >= 11 is 5.39. The molecule has 0 radical (unpaired) electrons. The first-order chi connectivity index (χ1) is 12.1. The molecule has 1 fully saturated rings. The van der Waals surface area contributed by atoms with E-state index in [1.807, 2.05) is 20.0 Å². The summed E-state index contributed by atoms with van der Waals surface area (Å²) in [7, 11) is 1.82. The molecule has 0 aliphatic carbocycles. The van der Waals surface area contributed by atoms with E-state index in [9.17, 15) is 0 Å². The number of hydrogen-bond acceptors (Lipinski definition) is 4. The minimum Gasteiger partial charge on any atom is -0.368 e. The number of aryl methyl sites for hydroxylation is 2. The van der Waals surface area contributed by atoms with Crippen LogP contribution < -0.4 is 15.5 Å². The third kappa shape index (κ3) is 5.32. The Kier molecular flexibility index (Phi) is 8.15. The third-order valence-corrected chi connectivity index (χ3v) is 6.11. The van der Waals surface area contributed by atoms with Crippen LogP contribution in [-0.4, -0.2) is 37.1 Å². The predicted molar refractivity (Wildman–Crippen MR) is 125 cm³/mol. The molecule has 8 heteroatoms. The lowest BCUT2D eigenvalue weighted by molar-refractivity contribution is 0.649. The van der Waals surface area contributed by atoms with Crippen molar-refractivity contribution in [1.29, 1.82) is 0 Å². The summed E-state index contributed by atoms with van der Waals surface area (Å²) in [4.78, 5) is 12.5. The zero-order valence-electron chi connectivity index (χ0n) is 15.3. The Hall–Kier alpha value is -0.870. The van der Waals surface area contributed by atoms with E-state index in [-0.39, 0.29) is 24.0 Å². The Morgan fingerprint density at radius 2 is 2.15 bits per heavy atom. The first-order valence-corrected chi connectivity index (χ1v) is 10.1. The average Bonchev–Trinajstić information content (AvgIpc) is 3.18. The average molecular weight is 550 g/mol. The number of benzene rings is 1. The van der Waals surface area contributed by atoms with Crippen molar-refractivity contribution in [2.24, 2.45) is 4.99 Å². The molecule has 0 bridgehead atoms. The van der Waals surface area contributed by atoms with Crippen molar-refractivity contribution in [3.63, 3.8) is 0 Å². The highest BCUT2D eigenvalue weighted by Gasteiger charge is 2.24. The number of thiazole rings is 1. The number of rotatable bonds is 4. The highest BCUT2D eigenvalue weighted by molar-refractivity contribution is 14.0. The van der Waals surface area contributed by atoms with E-state index < -0.39 is 0 Å². The molecule has 0 amide bonds. The number of hydrogen-bond donors (Lipinski definition) is 2. The highest BCUT2D eigenvalue weighted by atomic mass is 127. The molecule has 0 saturated carbocycles. The molecular formula is C18H25BrIN5S. The van der Waals surface area contributed by atoms with Gasteiger partial charge in [-0.2, -0.15) is 0 Å². The van der Waals surface area contributed by atoms with Gasteiger partial charge in [-0.15, -0.1) is 35.3 Å². The number of nitrogens with zero attached hydrogens (tertiary/aromatic N) is 3. The number of aromatic nitrogens is 1. The molecule has 2 aromatic rings. The monoisotopic (exact) mass is 549 g/mol. The normalized spacial score (nSPS) is 17.2. The van der Waals surface area contributed by atoms with Crippen LogP contribution >= 0.6 is 51.2 Å². The fraction of sp³-hybridized carbons (Fsp3) is 0.444. The van der Waals surface area contributed by atoms with Crippen molar-refractivity contribution in [2.45, 2.75) is 32.9 Å². The molecule has 1 saturated heterocycles. The molecule has 2 N–H and O–H groups in total. The van der Waals surface area contributed by atoms with E-state index in [0.29, 0.717) is 6.04 Å². The molecule has 1 aliphatic heterocycles. The van der Waals surface area contributed by atoms with Crippen LogP contribution in [0.3, 0.4) is 0 Å². The van der Waals surface area contributed by atoms with Crippen molar-refractivity contribution in [1.82, 2.24) is 15.6 Å². The van der Waals surface area contributed by atoms with Gasteiger partial charge in [0.05, 0.1) is 22.9 Å². The van der Waals surface area contributed by atoms with E-state index in [1.54, 1.807) is 11.3 Å². The number of anilines is 1. The van der Waals surface area contributed by atoms with Gasteiger partial charge in [-0.3, -0.25) is 4.99 Å². The number of halogens is 2. The Labute approximate surface area is 184 Å². The summed E-state index contributed by atoms with van der Waals surface area (Å²) in [5.41, 5.74) is 2.36. The van der Waals surface area contributed by atoms with Gasteiger partial charge in [-0.1, -0.05) is 12.1 Å². The minimum atomic E-state index is 0. The molecule has 5 nitrogen and oxygen atoms in total. The van der Waals surface area contributed by atoms with Crippen LogP contribution in [0.2, 0.25) is 0 Å². The van der Waals surface area contributed by atoms with Crippen molar-refractivity contribution in [3.05, 3.63) is 44.3 Å². The van der Waals surface area contributed by atoms with Crippen molar-refractivity contribution in [2.75, 3.05) is 25.0 Å². The number of para-hydroxylation sites is 1. The van der Waals surface area contributed by atoms with Crippen LogP contribution in [0.25, 0.3) is 0 Å². The van der Waals surface area contributed by atoms with E-state index in [1.165, 1.54) is 10.6 Å². The third-order valence-electron chi connectivity index (χ3n) is 4.36. The van der Waals surface area contributed by atoms with Crippen molar-refractivity contribution < 1.29 is 0 Å². The van der Waals surface area contributed by atoms with Crippen LogP contribution in [0, 0.1) is 13.8 Å². The zero-order chi connectivity index (χ0) is 17.8. The van der Waals surface area contributed by atoms with Gasteiger partial charge in [0.1, 0.15) is 0 Å². The molecule has 3 rings (SSSR count). The first kappa shape index (κ1) is 21.4. The second-order valence-electron chi connectivity index (χ2n) is 6.19. The lowest BCUT2D eigenvalue weighted by Gasteiger charge is -2.21. The first-order valence-electron chi connectivity index (χ1n) is 8.46. The second-order valence-corrected chi connectivity index (χ2v) is 8.34. The molecule has 26 heavy (non-hydrogen) atoms. The quantitative estimate of drug-likeness (QED) is 0.343. The van der Waals surface area contributed by atoms with Crippen LogP contribution in [0.15, 0.2) is 33.7 Å². The summed E-state index contributed by atoms with van der Waals surface area (Å²) in [6, 6.07) is 8.78. The number of nitrogens with one attached hydrogen (secondary N) is 2. The van der Waals surface area contributed by atoms with Crippen LogP contribution in [0.5, 0.6) is 0 Å². The van der Waals surface area contributed by atoms with E-state index in [2.05, 4.69) is 66.6 Å². The van der Waals surface area contributed by atoms with Gasteiger partial charge in [-0.05, 0) is 48.3 Å². The van der Waals surface area contributed by atoms with Gasteiger partial charge in [0.2, 0.25) is 0 Å². The maximum Gasteiger partial charge on any atom is 0.191 e. The zero-order valence-corrected chi connectivity index (χ0v) is 20.0. The molecule has 1 atom stereocenters. The van der Waals surface area contributed by atoms with E-state index >= 15 is 0 Å². The summed E-state index contributed by atoms with van der Waals surface area (Å²) in [6.45, 7) is 6.89. The standard InChI is InChI=1S/C18H24BrN5S.HI/c1-12-17(25-13(2)22-12)10-21-18(20-3)23-14-8-9-24(11-14)16-7-5-4-6-15(16)19;/h4-7,14H,8-11H2,1-3H3,(H2,20,21,23);1H. The molecule has 1 unspecified atom stereocenters. The van der Waals surface area contributed by atoms with Gasteiger partial charge in [0.25, 0.3) is 0 Å². The van der Waals surface area contributed by atoms with Gasteiger partial charge < -0.3 is 15.5 Å². The number of aliphatic imine (C=N–C) groups is 1. The topological polar surface area (TPSA) is 52.6 Å². The van der Waals surface area contributed by atoms with Crippen LogP contribution in [-0.2, 0) is 6.54 Å². The van der Waals surface area contributed by atoms with Gasteiger partial charge in [0.15, 0.2) is 5.96 Å². The largest absolute Gasteiger partial charge is 0.368 e. The van der Waals surface area contributed by atoms with Crippen LogP contribution in [0.4, 0.5) is 5.69 Å². The van der Waals surface area contributed by atoms with Crippen molar-refractivity contribution in [3.8, 4) is 0 Å². The molecule has 1 aliphatic rings. The Morgan fingerprint density at radius 3 is 2.81 bits per heavy atom. The summed E-state index contributed by atoms with van der Waals surface area (Å²) in [5.74, 6) is 0.851. The Bertz CT molecular complexity index is 764. The maximum absolute atomic E-state index is 4.48. The summed E-state index contributed by atoms with van der Waals surface area (Å²) in [5, 5.41) is 8.07. The predicted octanol–water partition coefficient (Wildman–Crippen LogP) is 4.08. The van der Waals surface area contributed by atoms with E-state index in [4.69, 9.17) is 0 Å². The van der Waals surface area contributed by atoms with Gasteiger partial charge >= 0.3 is 0 Å². The fourth-order valence-corrected chi connectivity index (χ4v) is 4.51. The summed E-state index contributed by atoms with van der Waals surface area (Å²) in [6.07, 6.45) is 1.10. The summed E-state index contributed by atoms with van der Waals surface area (Å²) < 4.78 is 1.15. The molecule has 1 aromatic heterocycles. The SMILES string of the molecule is CN=C(NCc1sc(C)nc1C)NC1CCN(c2ccccc2Br)C1.I. The minimum absolute atomic E-state index is 0. The molecule has 142 valence electrons. The highest BCUT2D eigenvalue weighted by Crippen LogP contribution is 2.28. The second kappa shape index (κ2) is 9.89. The molecule has 2 heterocycles. The van der Waals surface area contributed by atoms with Gasteiger partial charge in [0, 0.05) is 35.5 Å². The van der Waals surface area contributed by atoms with Crippen molar-refractivity contribution >= 4 is 62.9 Å². The lowest BCUT2D eigenvalue weighted by Crippen LogP contribution is -2.44. The lowest BCUT2D eigenvalue weighted by atomic mass is 10.2. The fourth-order valence-electron chi connectivity index (χ4n) is 3.09. The Morgan fingerprint density at radius 1 is 1.38 bits per heavy atom. The molecular weight excluding hydrogens is 525 g/mol. The smallest absolute Gasteiger partial charge is 0.191 e. The molecule has 1 aromatic carbocycles.